The first-order valence-electron chi connectivity index (χ1n) is 3.59. The number of halogens is 1. The third-order valence-corrected chi connectivity index (χ3v) is 2.32. The molecule has 0 aromatic rings. The van der Waals surface area contributed by atoms with Gasteiger partial charge >= 0.3 is 5.17 Å². The van der Waals surface area contributed by atoms with Gasteiger partial charge in [0.05, 0.1) is 11.3 Å². The van der Waals surface area contributed by atoms with Crippen LogP contribution in [0.5, 0.6) is 0 Å². The summed E-state index contributed by atoms with van der Waals surface area (Å²) in [4.78, 5) is 0. The SMILES string of the molecule is ClC1=[N+]NC2=C1CCCC2. The molecule has 1 aliphatic heterocycles. The lowest BCUT2D eigenvalue weighted by molar-refractivity contribution is 0.644. The van der Waals surface area contributed by atoms with Crippen LogP contribution in [0, 0.1) is 0 Å². The van der Waals surface area contributed by atoms with Gasteiger partial charge in [-0.05, 0) is 37.3 Å². The topological polar surface area (TPSA) is 26.1 Å². The number of allylic oxidation sites excluding steroid dienone is 2. The highest BCUT2D eigenvalue weighted by atomic mass is 35.5. The van der Waals surface area contributed by atoms with Crippen molar-refractivity contribution in [3.8, 4) is 0 Å². The zero-order chi connectivity index (χ0) is 6.97. The van der Waals surface area contributed by atoms with E-state index >= 15 is 0 Å². The molecule has 1 radical (unpaired) electrons. The molecule has 1 heterocycles. The second kappa shape index (κ2) is 2.27. The number of hydrogen-bond acceptors (Lipinski definition) is 2. The average molecular weight is 157 g/mol. The quantitative estimate of drug-likeness (QED) is 0.562. The van der Waals surface area contributed by atoms with Gasteiger partial charge in [-0.3, -0.25) is 0 Å². The van der Waals surface area contributed by atoms with Gasteiger partial charge in [0.1, 0.15) is 0 Å². The molecule has 3 heteroatoms. The maximum absolute atomic E-state index is 5.82. The molecule has 0 atom stereocenters. The van der Waals surface area contributed by atoms with Crippen LogP contribution in [0.3, 0.4) is 0 Å². The highest BCUT2D eigenvalue weighted by molar-refractivity contribution is 6.69. The van der Waals surface area contributed by atoms with Crippen molar-refractivity contribution in [1.82, 2.24) is 10.5 Å². The van der Waals surface area contributed by atoms with Gasteiger partial charge in [-0.1, -0.05) is 0 Å². The predicted molar refractivity (Wildman–Crippen MR) is 41.6 cm³/mol. The van der Waals surface area contributed by atoms with E-state index in [9.17, 15) is 0 Å². The minimum Gasteiger partial charge on any atom is -0.103 e. The van der Waals surface area contributed by atoms with Crippen molar-refractivity contribution in [3.63, 3.8) is 0 Å². The van der Waals surface area contributed by atoms with Crippen LogP contribution in [0.2, 0.25) is 0 Å². The first kappa shape index (κ1) is 6.23. The summed E-state index contributed by atoms with van der Waals surface area (Å²) in [5, 5.41) is 4.61. The van der Waals surface area contributed by atoms with Crippen LogP contribution in [0.1, 0.15) is 25.7 Å². The van der Waals surface area contributed by atoms with Crippen LogP contribution in [-0.4, -0.2) is 5.17 Å². The Balaban J connectivity index is 2.28. The zero-order valence-corrected chi connectivity index (χ0v) is 6.41. The molecule has 1 N–H and O–H groups in total. The van der Waals surface area contributed by atoms with E-state index in [1.165, 1.54) is 24.1 Å². The monoisotopic (exact) mass is 156 g/mol. The molecule has 10 heavy (non-hydrogen) atoms. The molecule has 0 unspecified atom stereocenters. The lowest BCUT2D eigenvalue weighted by Crippen LogP contribution is -2.11. The van der Waals surface area contributed by atoms with E-state index in [-0.39, 0.29) is 0 Å². The molecular weight excluding hydrogens is 148 g/mol. The van der Waals surface area contributed by atoms with Gasteiger partial charge in [-0.15, -0.1) is 5.43 Å². The molecule has 0 spiro atoms. The number of nitrogens with one attached hydrogen (secondary N) is 1. The molecule has 0 aromatic heterocycles. The second-order valence-electron chi connectivity index (χ2n) is 2.68. The number of nitrogens with zero attached hydrogens (tertiary/aromatic N) is 1. The first-order chi connectivity index (χ1) is 4.88. The summed E-state index contributed by atoms with van der Waals surface area (Å²) in [6, 6.07) is 0. The Kier molecular flexibility index (Phi) is 1.42. The normalized spacial score (nSPS) is 23.9. The maximum Gasteiger partial charge on any atom is 0.383 e. The molecule has 1 aliphatic carbocycles. The Bertz CT molecular complexity index is 218. The maximum atomic E-state index is 5.82. The third-order valence-electron chi connectivity index (χ3n) is 2.01. The molecular formula is C7H9ClN2+. The highest BCUT2D eigenvalue weighted by Crippen LogP contribution is 2.26. The van der Waals surface area contributed by atoms with Crippen LogP contribution >= 0.6 is 11.6 Å². The van der Waals surface area contributed by atoms with E-state index in [0.29, 0.717) is 5.17 Å². The van der Waals surface area contributed by atoms with E-state index < -0.39 is 0 Å². The molecule has 2 nitrogen and oxygen atoms in total. The largest absolute Gasteiger partial charge is 0.383 e. The second-order valence-corrected chi connectivity index (χ2v) is 3.04. The lowest BCUT2D eigenvalue weighted by atomic mass is 9.98. The molecule has 0 fully saturated rings. The van der Waals surface area contributed by atoms with Crippen molar-refractivity contribution in [3.05, 3.63) is 11.3 Å². The Morgan fingerprint density at radius 1 is 1.30 bits per heavy atom. The minimum absolute atomic E-state index is 0.676. The lowest BCUT2D eigenvalue weighted by Gasteiger charge is -2.07. The Morgan fingerprint density at radius 2 is 2.10 bits per heavy atom. The molecule has 53 valence electrons. The van der Waals surface area contributed by atoms with Gasteiger partial charge in [0.25, 0.3) is 0 Å². The van der Waals surface area contributed by atoms with E-state index in [4.69, 9.17) is 11.6 Å². The van der Waals surface area contributed by atoms with Crippen molar-refractivity contribution in [2.75, 3.05) is 0 Å². The van der Waals surface area contributed by atoms with Crippen molar-refractivity contribution in [1.29, 1.82) is 0 Å². The smallest absolute Gasteiger partial charge is 0.103 e. The van der Waals surface area contributed by atoms with Gasteiger partial charge in [0.2, 0.25) is 0 Å². The number of hydrazone groups is 1. The number of rotatable bonds is 0. The van der Waals surface area contributed by atoms with Crippen LogP contribution in [0.15, 0.2) is 11.3 Å². The van der Waals surface area contributed by atoms with Gasteiger partial charge < -0.3 is 0 Å². The molecule has 0 saturated heterocycles. The average Bonchev–Trinajstić information content (AvgIpc) is 2.34. The van der Waals surface area contributed by atoms with Gasteiger partial charge in [0, 0.05) is 0 Å². The van der Waals surface area contributed by atoms with Crippen molar-refractivity contribution >= 4 is 16.8 Å². The highest BCUT2D eigenvalue weighted by Gasteiger charge is 2.30. The van der Waals surface area contributed by atoms with Crippen LogP contribution < -0.4 is 10.5 Å². The fraction of sp³-hybridized carbons (Fsp3) is 0.571. The molecule has 0 saturated carbocycles. The minimum atomic E-state index is 0.676. The fourth-order valence-electron chi connectivity index (χ4n) is 1.44. The molecule has 2 rings (SSSR count). The summed E-state index contributed by atoms with van der Waals surface area (Å²) < 4.78 is 0. The summed E-state index contributed by atoms with van der Waals surface area (Å²) in [6.07, 6.45) is 4.75. The Hall–Kier alpha value is -0.500. The third kappa shape index (κ3) is 0.833. The van der Waals surface area contributed by atoms with Crippen molar-refractivity contribution in [2.45, 2.75) is 25.7 Å². The van der Waals surface area contributed by atoms with Crippen LogP contribution in [-0.2, 0) is 0 Å². The first-order valence-corrected chi connectivity index (χ1v) is 3.97. The molecule has 0 amide bonds. The summed E-state index contributed by atoms with van der Waals surface area (Å²) in [6.45, 7) is 0. The fourth-order valence-corrected chi connectivity index (χ4v) is 1.69. The van der Waals surface area contributed by atoms with Crippen LogP contribution in [0.25, 0.3) is 0 Å². The van der Waals surface area contributed by atoms with E-state index in [1.54, 1.807) is 0 Å². The Labute approximate surface area is 64.9 Å². The van der Waals surface area contributed by atoms with Gasteiger partial charge in [-0.25, -0.2) is 0 Å². The molecule has 2 aliphatic rings. The van der Waals surface area contributed by atoms with Gasteiger partial charge in [0.15, 0.2) is 5.10 Å². The zero-order valence-electron chi connectivity index (χ0n) is 5.65. The molecule has 0 bridgehead atoms. The van der Waals surface area contributed by atoms with Crippen LogP contribution in [0.4, 0.5) is 0 Å². The number of hydrogen-bond donors (Lipinski definition) is 1. The summed E-state index contributed by atoms with van der Waals surface area (Å²) in [5.74, 6) is 0. The molecule has 0 aromatic carbocycles. The van der Waals surface area contributed by atoms with Crippen molar-refractivity contribution in [2.24, 2.45) is 0 Å². The Morgan fingerprint density at radius 3 is 2.90 bits per heavy atom. The standard InChI is InChI=1S/C7H9ClN2/c8-7-5-3-1-2-4-6(5)9-10-7/h9H,1-4H2/q+1. The van der Waals surface area contributed by atoms with E-state index in [1.807, 2.05) is 0 Å². The predicted octanol–water partition coefficient (Wildman–Crippen LogP) is 1.31. The van der Waals surface area contributed by atoms with Crippen molar-refractivity contribution < 1.29 is 0 Å². The summed E-state index contributed by atoms with van der Waals surface area (Å²) in [7, 11) is 0. The van der Waals surface area contributed by atoms with Gasteiger partial charge in [-0.2, -0.15) is 0 Å². The van der Waals surface area contributed by atoms with E-state index in [0.717, 1.165) is 12.8 Å². The van der Waals surface area contributed by atoms with E-state index in [2.05, 4.69) is 10.5 Å². The summed E-state index contributed by atoms with van der Waals surface area (Å²) in [5.41, 5.74) is 5.43. The summed E-state index contributed by atoms with van der Waals surface area (Å²) >= 11 is 5.82.